The number of hydrogen-bond donors (Lipinski definition) is 1. The van der Waals surface area contributed by atoms with Crippen LogP contribution in [0.3, 0.4) is 0 Å². The maximum absolute atomic E-state index is 9.34. The van der Waals surface area contributed by atoms with Gasteiger partial charge in [0, 0.05) is 23.4 Å². The molecule has 41 heavy (non-hydrogen) atoms. The van der Waals surface area contributed by atoms with Crippen LogP contribution in [-0.4, -0.2) is 38.0 Å². The third-order valence-electron chi connectivity index (χ3n) is 7.63. The average molecular weight is 550 g/mol. The Bertz CT molecular complexity index is 1810. The molecule has 1 aliphatic heterocycles. The van der Waals surface area contributed by atoms with Crippen molar-refractivity contribution >= 4 is 10.8 Å². The van der Waals surface area contributed by atoms with Gasteiger partial charge in [-0.2, -0.15) is 0 Å². The summed E-state index contributed by atoms with van der Waals surface area (Å²) in [5.41, 5.74) is 4.04. The minimum atomic E-state index is -0.299. The predicted octanol–water partition coefficient (Wildman–Crippen LogP) is 6.08. The van der Waals surface area contributed by atoms with Crippen LogP contribution >= 0.6 is 0 Å². The van der Waals surface area contributed by atoms with Gasteiger partial charge in [0.15, 0.2) is 23.0 Å². The van der Waals surface area contributed by atoms with Gasteiger partial charge in [-0.3, -0.25) is 5.41 Å². The largest absolute Gasteiger partial charge is 0.493 e. The Labute approximate surface area is 238 Å². The highest BCUT2D eigenvalue weighted by atomic mass is 16.5. The molecule has 8 heteroatoms. The number of fused-ring (bicyclic) bond motifs is 4. The summed E-state index contributed by atoms with van der Waals surface area (Å²) in [7, 11) is 6.49. The van der Waals surface area contributed by atoms with E-state index in [1.807, 2.05) is 53.1 Å². The monoisotopic (exact) mass is 549 g/mol. The molecule has 5 aromatic rings. The first-order valence-electron chi connectivity index (χ1n) is 13.3. The number of rotatable bonds is 8. The van der Waals surface area contributed by atoms with E-state index in [1.54, 1.807) is 34.8 Å². The lowest BCUT2D eigenvalue weighted by Gasteiger charge is -2.29. The van der Waals surface area contributed by atoms with E-state index in [4.69, 9.17) is 28.7 Å². The Morgan fingerprint density at radius 2 is 1.51 bits per heavy atom. The highest BCUT2D eigenvalue weighted by Crippen LogP contribution is 2.48. The van der Waals surface area contributed by atoms with E-state index in [0.717, 1.165) is 33.2 Å². The van der Waals surface area contributed by atoms with Crippen LogP contribution in [0.5, 0.6) is 34.6 Å². The Balaban J connectivity index is 1.46. The van der Waals surface area contributed by atoms with Crippen molar-refractivity contribution < 1.29 is 23.7 Å². The van der Waals surface area contributed by atoms with E-state index >= 15 is 0 Å². The SMILES string of the molecule is COc1ccc(CCn2cnc3c(c2=N)C(c2ccc(OC)c(OC)c2)c2ccc4ccccc4c2O3)cc1OC. The summed E-state index contributed by atoms with van der Waals surface area (Å²) < 4.78 is 30.3. The van der Waals surface area contributed by atoms with Crippen molar-refractivity contribution in [1.82, 2.24) is 9.55 Å². The molecule has 0 saturated carbocycles. The molecule has 0 radical (unpaired) electrons. The molecule has 1 unspecified atom stereocenters. The minimum Gasteiger partial charge on any atom is -0.493 e. The third kappa shape index (κ3) is 4.61. The van der Waals surface area contributed by atoms with Gasteiger partial charge in [-0.25, -0.2) is 4.98 Å². The molecule has 2 heterocycles. The van der Waals surface area contributed by atoms with Gasteiger partial charge in [0.05, 0.1) is 34.0 Å². The molecule has 1 N–H and O–H groups in total. The Morgan fingerprint density at radius 1 is 0.805 bits per heavy atom. The normalized spacial score (nSPS) is 13.6. The van der Waals surface area contributed by atoms with Gasteiger partial charge < -0.3 is 28.3 Å². The Hall–Kier alpha value is -4.98. The maximum Gasteiger partial charge on any atom is 0.228 e. The van der Waals surface area contributed by atoms with E-state index in [2.05, 4.69) is 24.3 Å². The van der Waals surface area contributed by atoms with E-state index in [1.165, 1.54) is 0 Å². The number of aromatic nitrogens is 2. The van der Waals surface area contributed by atoms with Gasteiger partial charge in [-0.15, -0.1) is 0 Å². The van der Waals surface area contributed by atoms with E-state index in [9.17, 15) is 5.41 Å². The molecule has 0 saturated heterocycles. The first-order valence-corrected chi connectivity index (χ1v) is 13.3. The number of methoxy groups -OCH3 is 4. The van der Waals surface area contributed by atoms with Gasteiger partial charge in [-0.1, -0.05) is 48.5 Å². The number of hydrogen-bond acceptors (Lipinski definition) is 7. The van der Waals surface area contributed by atoms with Crippen LogP contribution in [-0.2, 0) is 13.0 Å². The molecule has 1 aromatic heterocycles. The number of nitrogens with zero attached hydrogens (tertiary/aromatic N) is 2. The molecule has 8 nitrogen and oxygen atoms in total. The maximum atomic E-state index is 9.34. The lowest BCUT2D eigenvalue weighted by molar-refractivity contribution is 0.354. The van der Waals surface area contributed by atoms with Gasteiger partial charge in [-0.05, 0) is 47.2 Å². The van der Waals surface area contributed by atoms with Crippen molar-refractivity contribution in [1.29, 1.82) is 5.41 Å². The van der Waals surface area contributed by atoms with Crippen molar-refractivity contribution in [3.05, 3.63) is 107 Å². The Kier molecular flexibility index (Phi) is 6.97. The molecule has 1 aliphatic rings. The second-order valence-corrected chi connectivity index (χ2v) is 9.80. The summed E-state index contributed by atoms with van der Waals surface area (Å²) in [4.78, 5) is 4.73. The third-order valence-corrected chi connectivity index (χ3v) is 7.63. The fourth-order valence-corrected chi connectivity index (χ4v) is 5.53. The molecule has 0 fully saturated rings. The molecule has 0 aliphatic carbocycles. The van der Waals surface area contributed by atoms with Crippen LogP contribution in [0.25, 0.3) is 10.8 Å². The standard InChI is InChI=1S/C33H31N3O5/c1-37-25-13-9-20(17-27(25)39-3)15-16-36-19-35-33-30(32(36)34)29(22-11-14-26(38-2)28(18-22)40-4)24-12-10-21-7-5-6-8-23(21)31(24)41-33/h5-14,17-19,29,34H,15-16H2,1-4H3. The van der Waals surface area contributed by atoms with Crippen LogP contribution in [0.4, 0.5) is 0 Å². The molecule has 4 aromatic carbocycles. The smallest absolute Gasteiger partial charge is 0.228 e. The van der Waals surface area contributed by atoms with Crippen LogP contribution < -0.4 is 29.2 Å². The van der Waals surface area contributed by atoms with Gasteiger partial charge in [0.25, 0.3) is 0 Å². The summed E-state index contributed by atoms with van der Waals surface area (Å²) in [6.07, 6.45) is 2.37. The average Bonchev–Trinajstić information content (AvgIpc) is 3.02. The molecule has 0 bridgehead atoms. The van der Waals surface area contributed by atoms with Gasteiger partial charge in [0.2, 0.25) is 5.88 Å². The topological polar surface area (TPSA) is 87.8 Å². The summed E-state index contributed by atoms with van der Waals surface area (Å²) in [6.45, 7) is 0.553. The molecule has 0 spiro atoms. The van der Waals surface area contributed by atoms with Crippen LogP contribution in [0.2, 0.25) is 0 Å². The zero-order valence-corrected chi connectivity index (χ0v) is 23.4. The van der Waals surface area contributed by atoms with Crippen LogP contribution in [0.1, 0.15) is 28.2 Å². The number of aryl methyl sites for hydroxylation is 2. The van der Waals surface area contributed by atoms with E-state index < -0.39 is 0 Å². The zero-order valence-electron chi connectivity index (χ0n) is 23.4. The van der Waals surface area contributed by atoms with Crippen molar-refractivity contribution in [2.75, 3.05) is 28.4 Å². The van der Waals surface area contributed by atoms with Crippen molar-refractivity contribution in [3.63, 3.8) is 0 Å². The highest BCUT2D eigenvalue weighted by Gasteiger charge is 2.33. The van der Waals surface area contributed by atoms with Crippen LogP contribution in [0, 0.1) is 5.41 Å². The van der Waals surface area contributed by atoms with Crippen molar-refractivity contribution in [2.45, 2.75) is 18.9 Å². The van der Waals surface area contributed by atoms with Gasteiger partial charge >= 0.3 is 0 Å². The highest BCUT2D eigenvalue weighted by molar-refractivity contribution is 5.91. The summed E-state index contributed by atoms with van der Waals surface area (Å²) in [5.74, 6) is 3.51. The lowest BCUT2D eigenvalue weighted by atomic mass is 9.82. The van der Waals surface area contributed by atoms with Gasteiger partial charge in [0.1, 0.15) is 17.6 Å². The second kappa shape index (κ2) is 10.9. The number of benzene rings is 4. The quantitative estimate of drug-likeness (QED) is 0.248. The molecular weight excluding hydrogens is 518 g/mol. The first-order chi connectivity index (χ1) is 20.1. The van der Waals surface area contributed by atoms with Crippen LogP contribution in [0.15, 0.2) is 79.1 Å². The summed E-state index contributed by atoms with van der Waals surface area (Å²) in [6, 6.07) is 24.1. The first kappa shape index (κ1) is 26.3. The Morgan fingerprint density at radius 3 is 2.27 bits per heavy atom. The fourth-order valence-electron chi connectivity index (χ4n) is 5.53. The summed E-state index contributed by atoms with van der Waals surface area (Å²) in [5, 5.41) is 11.4. The minimum absolute atomic E-state index is 0.299. The molecular formula is C33H31N3O5. The van der Waals surface area contributed by atoms with E-state index in [-0.39, 0.29) is 5.92 Å². The molecule has 208 valence electrons. The zero-order chi connectivity index (χ0) is 28.5. The number of ether oxygens (including phenoxy) is 5. The summed E-state index contributed by atoms with van der Waals surface area (Å²) >= 11 is 0. The second-order valence-electron chi connectivity index (χ2n) is 9.80. The number of nitrogens with one attached hydrogen (secondary N) is 1. The fraction of sp³-hybridized carbons (Fsp3) is 0.212. The lowest BCUT2D eigenvalue weighted by Crippen LogP contribution is -2.30. The predicted molar refractivity (Wildman–Crippen MR) is 156 cm³/mol. The van der Waals surface area contributed by atoms with Crippen molar-refractivity contribution in [3.8, 4) is 34.6 Å². The molecule has 6 rings (SSSR count). The molecule has 1 atom stereocenters. The molecule has 0 amide bonds. The van der Waals surface area contributed by atoms with Crippen molar-refractivity contribution in [2.24, 2.45) is 0 Å². The van der Waals surface area contributed by atoms with E-state index in [0.29, 0.717) is 52.9 Å².